The highest BCUT2D eigenvalue weighted by atomic mass is 32.1. The van der Waals surface area contributed by atoms with Crippen LogP contribution in [0.2, 0.25) is 0 Å². The molecule has 1 atom stereocenters. The van der Waals surface area contributed by atoms with Crippen LogP contribution in [-0.4, -0.2) is 22.3 Å². The summed E-state index contributed by atoms with van der Waals surface area (Å²) in [6, 6.07) is 0. The summed E-state index contributed by atoms with van der Waals surface area (Å²) in [6.45, 7) is 5.96. The molecule has 4 nitrogen and oxygen atoms in total. The Hall–Kier alpha value is -1.23. The van der Waals surface area contributed by atoms with Crippen LogP contribution in [0.3, 0.4) is 0 Å². The molecule has 104 valence electrons. The fourth-order valence-corrected chi connectivity index (χ4v) is 3.22. The largest absolute Gasteiger partial charge is 0.458 e. The van der Waals surface area contributed by atoms with Crippen molar-refractivity contribution in [2.75, 3.05) is 0 Å². The number of cyclic esters (lactones) is 1. The fourth-order valence-electron chi connectivity index (χ4n) is 2.44. The summed E-state index contributed by atoms with van der Waals surface area (Å²) >= 11 is 1.61. The zero-order chi connectivity index (χ0) is 14.0. The average Bonchev–Trinajstić information content (AvgIpc) is 2.71. The van der Waals surface area contributed by atoms with Gasteiger partial charge in [0, 0.05) is 23.9 Å². The van der Waals surface area contributed by atoms with Crippen LogP contribution in [0.25, 0.3) is 0 Å². The molecular formula is C14H19NO3S. The molecule has 0 aromatic carbocycles. The number of hydrogen-bond acceptors (Lipinski definition) is 5. The van der Waals surface area contributed by atoms with Crippen molar-refractivity contribution < 1.29 is 14.3 Å². The molecule has 2 heterocycles. The normalized spacial score (nSPS) is 23.8. The van der Waals surface area contributed by atoms with Gasteiger partial charge in [-0.2, -0.15) is 0 Å². The summed E-state index contributed by atoms with van der Waals surface area (Å²) in [6.07, 6.45) is 1.66. The molecule has 0 aliphatic carbocycles. The monoisotopic (exact) mass is 281 g/mol. The van der Waals surface area contributed by atoms with Crippen molar-refractivity contribution in [3.63, 3.8) is 0 Å². The van der Waals surface area contributed by atoms with E-state index < -0.39 is 5.60 Å². The minimum absolute atomic E-state index is 0.0136. The Morgan fingerprint density at radius 3 is 2.74 bits per heavy atom. The smallest absolute Gasteiger partial charge is 0.313 e. The molecule has 5 heteroatoms. The summed E-state index contributed by atoms with van der Waals surface area (Å²) in [5.74, 6) is -0.276. The predicted molar refractivity (Wildman–Crippen MR) is 73.1 cm³/mol. The van der Waals surface area contributed by atoms with Crippen molar-refractivity contribution in [1.82, 2.24) is 4.98 Å². The zero-order valence-electron chi connectivity index (χ0n) is 11.6. The van der Waals surface area contributed by atoms with E-state index in [1.807, 2.05) is 26.2 Å². The van der Waals surface area contributed by atoms with E-state index in [-0.39, 0.29) is 24.1 Å². The van der Waals surface area contributed by atoms with Crippen LogP contribution < -0.4 is 0 Å². The lowest BCUT2D eigenvalue weighted by Crippen LogP contribution is -2.47. The van der Waals surface area contributed by atoms with E-state index in [9.17, 15) is 9.59 Å². The van der Waals surface area contributed by atoms with Crippen molar-refractivity contribution in [2.45, 2.75) is 52.1 Å². The summed E-state index contributed by atoms with van der Waals surface area (Å²) < 4.78 is 5.55. The number of ether oxygens (including phenoxy) is 1. The topological polar surface area (TPSA) is 56.3 Å². The lowest BCUT2D eigenvalue weighted by molar-refractivity contribution is -0.177. The molecule has 1 aliphatic heterocycles. The first-order chi connectivity index (χ1) is 8.91. The number of rotatable bonds is 4. The quantitative estimate of drug-likeness (QED) is 0.629. The Labute approximate surface area is 117 Å². The number of thiazole rings is 1. The number of hydrogen-bond donors (Lipinski definition) is 0. The molecule has 1 aromatic rings. The molecule has 0 N–H and O–H groups in total. The van der Waals surface area contributed by atoms with Crippen LogP contribution in [0.5, 0.6) is 0 Å². The van der Waals surface area contributed by atoms with Crippen LogP contribution in [0, 0.1) is 12.8 Å². The van der Waals surface area contributed by atoms with Crippen LogP contribution in [0.1, 0.15) is 43.8 Å². The van der Waals surface area contributed by atoms with Crippen LogP contribution >= 0.6 is 11.3 Å². The SMILES string of the molecule is Cc1csc(CCC2(C(C)C)CC(=O)CC(=O)O2)n1. The van der Waals surface area contributed by atoms with Crippen molar-refractivity contribution >= 4 is 23.1 Å². The lowest BCUT2D eigenvalue weighted by Gasteiger charge is -2.39. The van der Waals surface area contributed by atoms with Gasteiger partial charge in [0.05, 0.1) is 5.01 Å². The van der Waals surface area contributed by atoms with Gasteiger partial charge in [0.25, 0.3) is 0 Å². The second-order valence-corrected chi connectivity index (χ2v) is 6.41. The van der Waals surface area contributed by atoms with E-state index in [2.05, 4.69) is 4.98 Å². The fraction of sp³-hybridized carbons (Fsp3) is 0.643. The number of Topliss-reactive ketones (excluding diaryl/α,β-unsaturated/α-hetero) is 1. The number of carbonyl (C=O) groups excluding carboxylic acids is 2. The average molecular weight is 281 g/mol. The van der Waals surface area contributed by atoms with Gasteiger partial charge in [0.1, 0.15) is 17.8 Å². The van der Waals surface area contributed by atoms with E-state index in [1.165, 1.54) is 0 Å². The minimum atomic E-state index is -0.647. The predicted octanol–water partition coefficient (Wildman–Crippen LogP) is 2.69. The summed E-state index contributed by atoms with van der Waals surface area (Å²) in [5, 5.41) is 3.04. The molecule has 1 fully saturated rings. The second-order valence-electron chi connectivity index (χ2n) is 5.47. The van der Waals surface area contributed by atoms with Crippen LogP contribution in [0.15, 0.2) is 5.38 Å². The summed E-state index contributed by atoms with van der Waals surface area (Å²) in [7, 11) is 0. The maximum Gasteiger partial charge on any atom is 0.313 e. The Kier molecular flexibility index (Phi) is 4.04. The van der Waals surface area contributed by atoms with Gasteiger partial charge < -0.3 is 4.74 Å². The molecule has 0 saturated carbocycles. The molecule has 1 unspecified atom stereocenters. The Balaban J connectivity index is 2.11. The number of nitrogens with zero attached hydrogens (tertiary/aromatic N) is 1. The second kappa shape index (κ2) is 5.41. The van der Waals surface area contributed by atoms with Crippen molar-refractivity contribution in [3.05, 3.63) is 16.1 Å². The molecule has 0 spiro atoms. The van der Waals surface area contributed by atoms with Gasteiger partial charge in [-0.15, -0.1) is 11.3 Å². The molecule has 1 saturated heterocycles. The molecular weight excluding hydrogens is 262 g/mol. The molecule has 0 bridgehead atoms. The third-order valence-corrected chi connectivity index (χ3v) is 4.66. The lowest BCUT2D eigenvalue weighted by atomic mass is 9.79. The van der Waals surface area contributed by atoms with Crippen molar-refractivity contribution in [1.29, 1.82) is 0 Å². The number of aromatic nitrogens is 1. The molecule has 2 rings (SSSR count). The molecule has 1 aliphatic rings. The Morgan fingerprint density at radius 2 is 2.21 bits per heavy atom. The maximum atomic E-state index is 11.7. The molecule has 0 amide bonds. The Morgan fingerprint density at radius 1 is 1.47 bits per heavy atom. The minimum Gasteiger partial charge on any atom is -0.458 e. The Bertz CT molecular complexity index is 477. The van der Waals surface area contributed by atoms with Gasteiger partial charge in [-0.1, -0.05) is 13.8 Å². The molecule has 1 aromatic heterocycles. The molecule has 19 heavy (non-hydrogen) atoms. The van der Waals surface area contributed by atoms with Gasteiger partial charge in [-0.25, -0.2) is 4.98 Å². The number of aryl methyl sites for hydroxylation is 2. The van der Waals surface area contributed by atoms with E-state index in [4.69, 9.17) is 4.74 Å². The highest BCUT2D eigenvalue weighted by Gasteiger charge is 2.43. The maximum absolute atomic E-state index is 11.7. The molecule has 0 radical (unpaired) electrons. The van der Waals surface area contributed by atoms with Crippen molar-refractivity contribution in [2.24, 2.45) is 5.92 Å². The first-order valence-electron chi connectivity index (χ1n) is 6.56. The first kappa shape index (κ1) is 14.2. The van der Waals surface area contributed by atoms with E-state index in [0.29, 0.717) is 12.8 Å². The van der Waals surface area contributed by atoms with Gasteiger partial charge in [0.2, 0.25) is 0 Å². The zero-order valence-corrected chi connectivity index (χ0v) is 12.4. The third-order valence-electron chi connectivity index (χ3n) is 3.64. The van der Waals surface area contributed by atoms with Crippen molar-refractivity contribution in [3.8, 4) is 0 Å². The third kappa shape index (κ3) is 3.21. The summed E-state index contributed by atoms with van der Waals surface area (Å²) in [5.41, 5.74) is 0.363. The summed E-state index contributed by atoms with van der Waals surface area (Å²) in [4.78, 5) is 27.7. The number of esters is 1. The van der Waals surface area contributed by atoms with E-state index >= 15 is 0 Å². The van der Waals surface area contributed by atoms with E-state index in [0.717, 1.165) is 17.1 Å². The number of carbonyl (C=O) groups is 2. The van der Waals surface area contributed by atoms with Gasteiger partial charge in [-0.3, -0.25) is 9.59 Å². The standard InChI is InChI=1S/C14H19NO3S/c1-9(2)14(7-11(16)6-13(17)18-14)5-4-12-15-10(3)8-19-12/h8-9H,4-7H2,1-3H3. The first-order valence-corrected chi connectivity index (χ1v) is 7.44. The van der Waals surface area contributed by atoms with Gasteiger partial charge in [-0.05, 0) is 19.3 Å². The van der Waals surface area contributed by atoms with Gasteiger partial charge in [0.15, 0.2) is 0 Å². The highest BCUT2D eigenvalue weighted by molar-refractivity contribution is 7.09. The van der Waals surface area contributed by atoms with Crippen LogP contribution in [0.4, 0.5) is 0 Å². The van der Waals surface area contributed by atoms with Crippen LogP contribution in [-0.2, 0) is 20.7 Å². The number of ketones is 1. The van der Waals surface area contributed by atoms with Gasteiger partial charge >= 0.3 is 5.97 Å². The highest BCUT2D eigenvalue weighted by Crippen LogP contribution is 2.35. The van der Waals surface area contributed by atoms with E-state index in [1.54, 1.807) is 11.3 Å².